The summed E-state index contributed by atoms with van der Waals surface area (Å²) in [6.07, 6.45) is 3.90. The molecule has 0 unspecified atom stereocenters. The normalized spacial score (nSPS) is 9.54. The second kappa shape index (κ2) is 10.6. The topological polar surface area (TPSA) is 26.3 Å². The Morgan fingerprint density at radius 2 is 1.92 bits per heavy atom. The van der Waals surface area contributed by atoms with Crippen molar-refractivity contribution in [2.45, 2.75) is 46.5 Å². The Morgan fingerprint density at radius 3 is 2.38 bits per heavy atom. The number of rotatable bonds is 6. The molecular formula is C10H21NaO2. The van der Waals surface area contributed by atoms with E-state index in [2.05, 4.69) is 13.8 Å². The van der Waals surface area contributed by atoms with E-state index in [0.29, 0.717) is 13.0 Å². The second-order valence-electron chi connectivity index (χ2n) is 3.44. The number of carbonyl (C=O) groups is 1. The molecule has 0 bridgehead atoms. The van der Waals surface area contributed by atoms with Gasteiger partial charge in [-0.15, -0.1) is 0 Å². The van der Waals surface area contributed by atoms with Gasteiger partial charge in [0.2, 0.25) is 0 Å². The molecule has 0 aromatic carbocycles. The molecule has 2 nitrogen and oxygen atoms in total. The molecule has 0 fully saturated rings. The van der Waals surface area contributed by atoms with Gasteiger partial charge in [-0.2, -0.15) is 0 Å². The van der Waals surface area contributed by atoms with Crippen molar-refractivity contribution < 1.29 is 9.53 Å². The summed E-state index contributed by atoms with van der Waals surface area (Å²) in [7, 11) is 0. The first kappa shape index (κ1) is 15.9. The van der Waals surface area contributed by atoms with Crippen LogP contribution < -0.4 is 0 Å². The van der Waals surface area contributed by atoms with Crippen LogP contribution in [0.15, 0.2) is 0 Å². The van der Waals surface area contributed by atoms with E-state index in [1.807, 2.05) is 6.92 Å². The Kier molecular flexibility index (Phi) is 12.9. The number of hydrogen-bond donors (Lipinski definition) is 0. The van der Waals surface area contributed by atoms with Gasteiger partial charge in [0.15, 0.2) is 0 Å². The van der Waals surface area contributed by atoms with Crippen LogP contribution in [0, 0.1) is 5.92 Å². The van der Waals surface area contributed by atoms with Crippen LogP contribution in [0.5, 0.6) is 0 Å². The van der Waals surface area contributed by atoms with Crippen molar-refractivity contribution in [2.24, 2.45) is 5.92 Å². The molecule has 0 atom stereocenters. The monoisotopic (exact) mass is 196 g/mol. The van der Waals surface area contributed by atoms with Gasteiger partial charge in [-0.1, -0.05) is 26.7 Å². The fourth-order valence-corrected chi connectivity index (χ4v) is 1.06. The van der Waals surface area contributed by atoms with E-state index in [9.17, 15) is 4.79 Å². The van der Waals surface area contributed by atoms with E-state index in [1.54, 1.807) is 0 Å². The Morgan fingerprint density at radius 1 is 1.31 bits per heavy atom. The fraction of sp³-hybridized carbons (Fsp3) is 0.900. The van der Waals surface area contributed by atoms with Gasteiger partial charge < -0.3 is 4.74 Å². The first-order valence-corrected chi connectivity index (χ1v) is 4.82. The van der Waals surface area contributed by atoms with E-state index in [1.165, 1.54) is 6.42 Å². The first-order valence-electron chi connectivity index (χ1n) is 4.82. The van der Waals surface area contributed by atoms with Crippen molar-refractivity contribution >= 4 is 35.5 Å². The van der Waals surface area contributed by atoms with Crippen LogP contribution in [-0.2, 0) is 9.53 Å². The van der Waals surface area contributed by atoms with Crippen LogP contribution in [0.25, 0.3) is 0 Å². The van der Waals surface area contributed by atoms with Crippen LogP contribution in [-0.4, -0.2) is 42.1 Å². The molecular weight excluding hydrogens is 175 g/mol. The fourth-order valence-electron chi connectivity index (χ4n) is 1.06. The predicted molar refractivity (Wildman–Crippen MR) is 57.1 cm³/mol. The molecule has 0 aliphatic rings. The molecule has 0 spiro atoms. The van der Waals surface area contributed by atoms with Gasteiger partial charge >= 0.3 is 35.5 Å². The summed E-state index contributed by atoms with van der Waals surface area (Å²) in [6, 6.07) is 0. The van der Waals surface area contributed by atoms with E-state index >= 15 is 0 Å². The molecule has 0 rings (SSSR count). The molecule has 13 heavy (non-hydrogen) atoms. The maximum atomic E-state index is 10.9. The Balaban J connectivity index is 0. The van der Waals surface area contributed by atoms with Gasteiger partial charge in [0.1, 0.15) is 0 Å². The summed E-state index contributed by atoms with van der Waals surface area (Å²) in [6.45, 7) is 6.74. The standard InChI is InChI=1S/C10H20O2.Na.H/c1-4-12-10(11)8-6-5-7-9(2)3;;/h9H,4-8H2,1-3H3;;. The van der Waals surface area contributed by atoms with Gasteiger partial charge in [-0.05, 0) is 19.3 Å². The number of ether oxygens (including phenoxy) is 1. The second-order valence-corrected chi connectivity index (χ2v) is 3.44. The number of hydrogen-bond acceptors (Lipinski definition) is 2. The first-order chi connectivity index (χ1) is 5.66. The van der Waals surface area contributed by atoms with Crippen molar-refractivity contribution in [2.75, 3.05) is 6.61 Å². The average Bonchev–Trinajstić information content (AvgIpc) is 1.98. The molecule has 0 radical (unpaired) electrons. The Labute approximate surface area is 104 Å². The van der Waals surface area contributed by atoms with Crippen molar-refractivity contribution in [1.82, 2.24) is 0 Å². The van der Waals surface area contributed by atoms with Crippen LogP contribution in [0.2, 0.25) is 0 Å². The molecule has 0 N–H and O–H groups in total. The van der Waals surface area contributed by atoms with Gasteiger partial charge in [0, 0.05) is 6.42 Å². The molecule has 0 aliphatic heterocycles. The SMILES string of the molecule is CCOC(=O)CCCCC(C)C.[NaH]. The summed E-state index contributed by atoms with van der Waals surface area (Å²) in [4.78, 5) is 10.9. The molecule has 0 saturated carbocycles. The number of carbonyl (C=O) groups excluding carboxylic acids is 1. The van der Waals surface area contributed by atoms with E-state index in [0.717, 1.165) is 18.8 Å². The summed E-state index contributed by atoms with van der Waals surface area (Å²) >= 11 is 0. The molecule has 0 aromatic rings. The van der Waals surface area contributed by atoms with Gasteiger partial charge in [-0.25, -0.2) is 0 Å². The summed E-state index contributed by atoms with van der Waals surface area (Å²) in [5.74, 6) is 0.688. The molecule has 3 heteroatoms. The van der Waals surface area contributed by atoms with Crippen molar-refractivity contribution in [3.63, 3.8) is 0 Å². The van der Waals surface area contributed by atoms with Gasteiger partial charge in [-0.3, -0.25) is 4.79 Å². The number of esters is 1. The van der Waals surface area contributed by atoms with Crippen LogP contribution in [0.3, 0.4) is 0 Å². The zero-order chi connectivity index (χ0) is 9.40. The van der Waals surface area contributed by atoms with Crippen molar-refractivity contribution in [3.8, 4) is 0 Å². The summed E-state index contributed by atoms with van der Waals surface area (Å²) in [5.41, 5.74) is 0. The molecule has 0 heterocycles. The van der Waals surface area contributed by atoms with Crippen molar-refractivity contribution in [1.29, 1.82) is 0 Å². The van der Waals surface area contributed by atoms with Crippen molar-refractivity contribution in [3.05, 3.63) is 0 Å². The molecule has 74 valence electrons. The minimum atomic E-state index is -0.0544. The molecule has 0 aliphatic carbocycles. The van der Waals surface area contributed by atoms with E-state index < -0.39 is 0 Å². The Hall–Kier alpha value is 0.470. The van der Waals surface area contributed by atoms with E-state index in [4.69, 9.17) is 4.74 Å². The van der Waals surface area contributed by atoms with Crippen LogP contribution >= 0.6 is 0 Å². The number of unbranched alkanes of at least 4 members (excludes halogenated alkanes) is 1. The summed E-state index contributed by atoms with van der Waals surface area (Å²) < 4.78 is 4.81. The Bertz CT molecular complexity index is 124. The van der Waals surface area contributed by atoms with Crippen LogP contribution in [0.1, 0.15) is 46.5 Å². The molecule has 0 saturated heterocycles. The maximum absolute atomic E-state index is 10.9. The third-order valence-electron chi connectivity index (χ3n) is 1.72. The molecule has 0 aromatic heterocycles. The zero-order valence-corrected chi connectivity index (χ0v) is 8.43. The average molecular weight is 196 g/mol. The van der Waals surface area contributed by atoms with Crippen LogP contribution in [0.4, 0.5) is 0 Å². The van der Waals surface area contributed by atoms with Gasteiger partial charge in [0.05, 0.1) is 6.61 Å². The van der Waals surface area contributed by atoms with E-state index in [-0.39, 0.29) is 35.5 Å². The van der Waals surface area contributed by atoms with Gasteiger partial charge in [0.25, 0.3) is 0 Å². The summed E-state index contributed by atoms with van der Waals surface area (Å²) in [5, 5.41) is 0. The zero-order valence-electron chi connectivity index (χ0n) is 8.43. The third-order valence-corrected chi connectivity index (χ3v) is 1.72. The minimum absolute atomic E-state index is 0. The molecule has 0 amide bonds. The third kappa shape index (κ3) is 12.5. The predicted octanol–water partition coefficient (Wildman–Crippen LogP) is 2.12. The quantitative estimate of drug-likeness (QED) is 0.369.